The molecule has 0 nitrogen and oxygen atoms in total. The Balaban J connectivity index is 1.26. The van der Waals surface area contributed by atoms with Crippen LogP contribution in [0.4, 0.5) is 0 Å². The van der Waals surface area contributed by atoms with Crippen molar-refractivity contribution in [2.24, 2.45) is 0 Å². The van der Waals surface area contributed by atoms with Crippen LogP contribution in [0.1, 0.15) is 169 Å². The van der Waals surface area contributed by atoms with Crippen molar-refractivity contribution < 1.29 is 0 Å². The van der Waals surface area contributed by atoms with Gasteiger partial charge in [0.15, 0.2) is 0 Å². The van der Waals surface area contributed by atoms with Crippen molar-refractivity contribution in [3.05, 3.63) is 33.0 Å². The van der Waals surface area contributed by atoms with Crippen molar-refractivity contribution in [1.82, 2.24) is 0 Å². The Bertz CT molecular complexity index is 1300. The third kappa shape index (κ3) is 6.77. The molecule has 5 aliphatic carbocycles. The van der Waals surface area contributed by atoms with Gasteiger partial charge in [0.2, 0.25) is 0 Å². The first-order valence-corrected chi connectivity index (χ1v) is 29.0. The Morgan fingerprint density at radius 2 is 0.756 bits per heavy atom. The normalized spacial score (nSPS) is 24.1. The van der Waals surface area contributed by atoms with Crippen LogP contribution in [0.25, 0.3) is 11.1 Å². The molecule has 0 radical (unpaired) electrons. The van der Waals surface area contributed by atoms with E-state index < -0.39 is 11.0 Å². The van der Waals surface area contributed by atoms with Gasteiger partial charge in [0.05, 0.1) is 0 Å². The average molecular weight is 811 g/mol. The van der Waals surface area contributed by atoms with E-state index in [0.29, 0.717) is 0 Å². The van der Waals surface area contributed by atoms with E-state index in [1.54, 1.807) is 32.0 Å². The first-order valence-electron chi connectivity index (χ1n) is 19.0. The van der Waals surface area contributed by atoms with Gasteiger partial charge in [0.25, 0.3) is 0 Å². The van der Waals surface area contributed by atoms with Crippen LogP contribution in [0.15, 0.2) is 12.1 Å². The summed E-state index contributed by atoms with van der Waals surface area (Å²) in [4.78, 5) is 3.24. The summed E-state index contributed by atoms with van der Waals surface area (Å²) in [5.41, 5.74) is 7.96. The fourth-order valence-corrected chi connectivity index (χ4v) is 30.9. The summed E-state index contributed by atoms with van der Waals surface area (Å²) in [6.45, 7) is 4.96. The van der Waals surface area contributed by atoms with Crippen molar-refractivity contribution in [3.63, 3.8) is 0 Å². The van der Waals surface area contributed by atoms with Crippen molar-refractivity contribution >= 4 is 84.3 Å². The second-order valence-electron chi connectivity index (χ2n) is 15.5. The average Bonchev–Trinajstić information content (AvgIpc) is 3.84. The number of allylic oxidation sites excluding steroid dienone is 2. The summed E-state index contributed by atoms with van der Waals surface area (Å²) >= 11 is 12.7. The van der Waals surface area contributed by atoms with Gasteiger partial charge in [-0.25, -0.2) is 0 Å². The number of thiophene rings is 2. The Morgan fingerprint density at radius 1 is 0.467 bits per heavy atom. The summed E-state index contributed by atoms with van der Waals surface area (Å²) < 4.78 is 3.64. The van der Waals surface area contributed by atoms with Gasteiger partial charge >= 0.3 is 301 Å². The van der Waals surface area contributed by atoms with E-state index >= 15 is 0 Å². The molecule has 0 unspecified atom stereocenters. The second-order valence-corrected chi connectivity index (χ2v) is 33.0. The Hall–Kier alpha value is 1.04. The minimum atomic E-state index is -1.30. The van der Waals surface area contributed by atoms with Crippen LogP contribution in [-0.4, -0.2) is 52.8 Å². The van der Waals surface area contributed by atoms with Gasteiger partial charge in [-0.05, 0) is 0 Å². The summed E-state index contributed by atoms with van der Waals surface area (Å²) in [5.74, 6) is 0. The third-order valence-electron chi connectivity index (χ3n) is 12.8. The molecule has 4 fully saturated rings. The second kappa shape index (κ2) is 15.1. The van der Waals surface area contributed by atoms with Gasteiger partial charge in [-0.15, -0.1) is 0 Å². The first kappa shape index (κ1) is 34.5. The molecule has 0 bridgehead atoms. The van der Waals surface area contributed by atoms with E-state index in [-0.39, 0.29) is 0 Å². The SMILES string of the molecule is Cc1sc(P(=[Se])(C2CCCCC2)C2CCCCC2)cc1C1=C(c2cc(P(=[Se])(C3CCCCC3)C3CCCCC3)sc2C)CCC1. The molecule has 45 heavy (non-hydrogen) atoms. The quantitative estimate of drug-likeness (QED) is 0.184. The molecule has 0 aromatic carbocycles. The molecular formula is C39H58P2S2Se2. The summed E-state index contributed by atoms with van der Waals surface area (Å²) in [6, 6.07) is 5.59. The van der Waals surface area contributed by atoms with Crippen LogP contribution in [0.3, 0.4) is 0 Å². The predicted octanol–water partition coefficient (Wildman–Crippen LogP) is 12.3. The maximum absolute atomic E-state index is 4.12. The van der Waals surface area contributed by atoms with Crippen LogP contribution in [-0.2, 0) is 0 Å². The van der Waals surface area contributed by atoms with E-state index in [1.165, 1.54) is 148 Å². The Kier molecular flexibility index (Phi) is 11.6. The number of hydrogen-bond donors (Lipinski definition) is 0. The molecule has 2 heterocycles. The first-order chi connectivity index (χ1) is 21.9. The van der Waals surface area contributed by atoms with Gasteiger partial charge in [0.1, 0.15) is 0 Å². The monoisotopic (exact) mass is 812 g/mol. The Morgan fingerprint density at radius 3 is 1.04 bits per heavy atom. The van der Waals surface area contributed by atoms with Crippen molar-refractivity contribution in [2.45, 2.75) is 184 Å². The van der Waals surface area contributed by atoms with Crippen LogP contribution in [0.2, 0.25) is 0 Å². The van der Waals surface area contributed by atoms with Crippen LogP contribution < -0.4 is 9.24 Å². The van der Waals surface area contributed by atoms with Gasteiger partial charge < -0.3 is 0 Å². The summed E-state index contributed by atoms with van der Waals surface area (Å²) in [6.07, 6.45) is 33.4. The molecule has 2 aromatic heterocycles. The van der Waals surface area contributed by atoms with Crippen molar-refractivity contribution in [3.8, 4) is 0 Å². The Labute approximate surface area is 299 Å². The van der Waals surface area contributed by atoms with E-state index in [4.69, 9.17) is 0 Å². The predicted molar refractivity (Wildman–Crippen MR) is 211 cm³/mol. The molecule has 2 aromatic rings. The van der Waals surface area contributed by atoms with E-state index in [0.717, 1.165) is 22.6 Å². The van der Waals surface area contributed by atoms with E-state index in [1.807, 2.05) is 9.24 Å². The standard InChI is InChI=1S/C39H58P2S2Se2/c1-28-36(26-38(42-28)40(44,30-16-7-3-8-17-30)31-18-9-4-10-19-31)34-24-15-25-35(34)37-27-39(43-29(37)2)41(45,32-20-11-5-12-21-32)33-22-13-6-14-23-33/h26-27,30-33H,3-25H2,1-2H3. The topological polar surface area (TPSA) is 0 Å². The van der Waals surface area contributed by atoms with Gasteiger partial charge in [0, 0.05) is 0 Å². The third-order valence-corrected chi connectivity index (χ3v) is 36.5. The molecule has 0 atom stereocenters. The molecule has 7 rings (SSSR count). The van der Waals surface area contributed by atoms with E-state index in [2.05, 4.69) is 78.8 Å². The molecule has 0 amide bonds. The van der Waals surface area contributed by atoms with Gasteiger partial charge in [-0.3, -0.25) is 0 Å². The molecule has 0 spiro atoms. The van der Waals surface area contributed by atoms with Crippen molar-refractivity contribution in [2.75, 3.05) is 0 Å². The molecular weight excluding hydrogens is 752 g/mol. The fraction of sp³-hybridized carbons (Fsp3) is 0.744. The van der Waals surface area contributed by atoms with Crippen LogP contribution in [0.5, 0.6) is 0 Å². The molecule has 0 aliphatic heterocycles. The molecule has 4 saturated carbocycles. The molecule has 0 N–H and O–H groups in total. The van der Waals surface area contributed by atoms with E-state index in [9.17, 15) is 0 Å². The van der Waals surface area contributed by atoms with Gasteiger partial charge in [-0.1, -0.05) is 0 Å². The van der Waals surface area contributed by atoms with Crippen LogP contribution in [0, 0.1) is 13.8 Å². The van der Waals surface area contributed by atoms with Crippen molar-refractivity contribution in [1.29, 1.82) is 0 Å². The molecule has 0 saturated heterocycles. The molecule has 6 heteroatoms. The zero-order chi connectivity index (χ0) is 31.0. The maximum atomic E-state index is 4.12. The zero-order valence-corrected chi connectivity index (χ0v) is 35.1. The zero-order valence-electron chi connectivity index (χ0n) is 28.3. The summed E-state index contributed by atoms with van der Waals surface area (Å²) in [5, 5.41) is 0. The molecule has 5 aliphatic rings. The van der Waals surface area contributed by atoms with Gasteiger partial charge in [-0.2, -0.15) is 0 Å². The summed E-state index contributed by atoms with van der Waals surface area (Å²) in [7, 11) is 0. The number of aryl methyl sites for hydroxylation is 2. The molecule has 248 valence electrons. The van der Waals surface area contributed by atoms with Crippen LogP contribution >= 0.6 is 33.7 Å². The minimum absolute atomic E-state index is 0.941. The number of rotatable bonds is 8. The fourth-order valence-electron chi connectivity index (χ4n) is 10.4. The number of hydrogen-bond acceptors (Lipinski definition) is 2.